The number of pyridine rings is 1. The second-order valence-corrected chi connectivity index (χ2v) is 6.20. The predicted molar refractivity (Wildman–Crippen MR) is 95.4 cm³/mol. The molecule has 1 N–H and O–H groups in total. The molecule has 3 aromatic rings. The molecule has 6 nitrogen and oxygen atoms in total. The van der Waals surface area contributed by atoms with Crippen molar-refractivity contribution < 1.29 is 9.26 Å². The quantitative estimate of drug-likeness (QED) is 0.691. The van der Waals surface area contributed by atoms with Crippen molar-refractivity contribution in [1.29, 1.82) is 0 Å². The number of rotatable bonds is 7. The van der Waals surface area contributed by atoms with Crippen LogP contribution < -0.4 is 10.1 Å². The third-order valence-corrected chi connectivity index (χ3v) is 3.81. The monoisotopic (exact) mass is 338 g/mol. The van der Waals surface area contributed by atoms with Gasteiger partial charge in [0, 0.05) is 23.9 Å². The van der Waals surface area contributed by atoms with Crippen molar-refractivity contribution in [1.82, 2.24) is 15.1 Å². The summed E-state index contributed by atoms with van der Waals surface area (Å²) in [6.07, 6.45) is 3.55. The van der Waals surface area contributed by atoms with Crippen LogP contribution in [0.25, 0.3) is 0 Å². The van der Waals surface area contributed by atoms with Crippen LogP contribution in [0.2, 0.25) is 0 Å². The summed E-state index contributed by atoms with van der Waals surface area (Å²) in [7, 11) is 0. The standard InChI is InChI=1S/C19H22N4O2/c1-13(2)18-22-19(25-23-18)21-14(3)16-6-8-17(9-7-16)24-12-15-5-4-10-20-11-15/h4-11,13-14H,12H2,1-3H3,(H,21,22,23). The summed E-state index contributed by atoms with van der Waals surface area (Å²) in [4.78, 5) is 8.41. The molecule has 0 amide bonds. The summed E-state index contributed by atoms with van der Waals surface area (Å²) in [5.41, 5.74) is 2.15. The van der Waals surface area contributed by atoms with Gasteiger partial charge in [0.2, 0.25) is 0 Å². The number of hydrogen-bond acceptors (Lipinski definition) is 6. The van der Waals surface area contributed by atoms with Crippen LogP contribution in [0.1, 0.15) is 49.7 Å². The van der Waals surface area contributed by atoms with E-state index in [1.807, 2.05) is 57.2 Å². The number of anilines is 1. The molecule has 2 aromatic heterocycles. The average Bonchev–Trinajstić information content (AvgIpc) is 3.10. The topological polar surface area (TPSA) is 73.1 Å². The van der Waals surface area contributed by atoms with Gasteiger partial charge >= 0.3 is 6.01 Å². The van der Waals surface area contributed by atoms with Gasteiger partial charge in [0.15, 0.2) is 5.82 Å². The molecule has 3 rings (SSSR count). The lowest BCUT2D eigenvalue weighted by molar-refractivity contribution is 0.305. The lowest BCUT2D eigenvalue weighted by Crippen LogP contribution is -2.07. The van der Waals surface area contributed by atoms with Crippen LogP contribution in [0.3, 0.4) is 0 Å². The maximum Gasteiger partial charge on any atom is 0.321 e. The van der Waals surface area contributed by atoms with Crippen molar-refractivity contribution in [2.24, 2.45) is 0 Å². The maximum atomic E-state index is 5.77. The minimum absolute atomic E-state index is 0.0489. The van der Waals surface area contributed by atoms with Gasteiger partial charge in [0.1, 0.15) is 12.4 Å². The zero-order valence-corrected chi connectivity index (χ0v) is 14.6. The van der Waals surface area contributed by atoms with E-state index in [1.54, 1.807) is 12.4 Å². The van der Waals surface area contributed by atoms with E-state index in [4.69, 9.17) is 9.26 Å². The molecule has 1 unspecified atom stereocenters. The van der Waals surface area contributed by atoms with Gasteiger partial charge in [-0.1, -0.05) is 37.2 Å². The second-order valence-electron chi connectivity index (χ2n) is 6.20. The van der Waals surface area contributed by atoms with Gasteiger partial charge in [0.05, 0.1) is 6.04 Å². The fourth-order valence-electron chi connectivity index (χ4n) is 2.30. The Hall–Kier alpha value is -2.89. The molecule has 6 heteroatoms. The second kappa shape index (κ2) is 7.79. The van der Waals surface area contributed by atoms with Crippen LogP contribution in [0.15, 0.2) is 53.3 Å². The first-order valence-corrected chi connectivity index (χ1v) is 8.33. The lowest BCUT2D eigenvalue weighted by atomic mass is 10.1. The minimum atomic E-state index is 0.0489. The average molecular weight is 338 g/mol. The normalized spacial score (nSPS) is 12.2. The van der Waals surface area contributed by atoms with E-state index in [2.05, 4.69) is 20.4 Å². The van der Waals surface area contributed by atoms with Gasteiger partial charge in [-0.2, -0.15) is 4.98 Å². The molecule has 0 saturated heterocycles. The van der Waals surface area contributed by atoms with E-state index >= 15 is 0 Å². The molecule has 0 bridgehead atoms. The van der Waals surface area contributed by atoms with Gasteiger partial charge in [-0.15, -0.1) is 0 Å². The van der Waals surface area contributed by atoms with Gasteiger partial charge in [-0.25, -0.2) is 0 Å². The summed E-state index contributed by atoms with van der Waals surface area (Å²) >= 11 is 0. The molecule has 25 heavy (non-hydrogen) atoms. The van der Waals surface area contributed by atoms with Gasteiger partial charge in [0.25, 0.3) is 0 Å². The van der Waals surface area contributed by atoms with Crippen molar-refractivity contribution in [3.8, 4) is 5.75 Å². The van der Waals surface area contributed by atoms with E-state index in [0.29, 0.717) is 18.4 Å². The maximum absolute atomic E-state index is 5.77. The van der Waals surface area contributed by atoms with E-state index in [1.165, 1.54) is 0 Å². The highest BCUT2D eigenvalue weighted by Gasteiger charge is 2.13. The summed E-state index contributed by atoms with van der Waals surface area (Å²) in [5.74, 6) is 1.76. The molecule has 130 valence electrons. The number of ether oxygens (including phenoxy) is 1. The fourth-order valence-corrected chi connectivity index (χ4v) is 2.30. The van der Waals surface area contributed by atoms with Crippen LogP contribution in [0, 0.1) is 0 Å². The van der Waals surface area contributed by atoms with Crippen molar-refractivity contribution in [2.45, 2.75) is 39.3 Å². The largest absolute Gasteiger partial charge is 0.489 e. The molecule has 1 aromatic carbocycles. The Morgan fingerprint density at radius 2 is 1.92 bits per heavy atom. The Morgan fingerprint density at radius 3 is 2.56 bits per heavy atom. The molecule has 0 fully saturated rings. The van der Waals surface area contributed by atoms with Gasteiger partial charge < -0.3 is 14.6 Å². The number of aromatic nitrogens is 3. The third kappa shape index (κ3) is 4.56. The summed E-state index contributed by atoms with van der Waals surface area (Å²) in [5, 5.41) is 7.18. The van der Waals surface area contributed by atoms with Gasteiger partial charge in [-0.3, -0.25) is 4.98 Å². The molecule has 1 atom stereocenters. The highest BCUT2D eigenvalue weighted by Crippen LogP contribution is 2.22. The van der Waals surface area contributed by atoms with Crippen molar-refractivity contribution in [2.75, 3.05) is 5.32 Å². The Labute approximate surface area is 147 Å². The fraction of sp³-hybridized carbons (Fsp3) is 0.316. The first-order chi connectivity index (χ1) is 12.1. The number of hydrogen-bond donors (Lipinski definition) is 1. The predicted octanol–water partition coefficient (Wildman–Crippen LogP) is 4.34. The Bertz CT molecular complexity index is 785. The van der Waals surface area contributed by atoms with E-state index in [9.17, 15) is 0 Å². The summed E-state index contributed by atoms with van der Waals surface area (Å²) in [6, 6.07) is 12.3. The zero-order valence-electron chi connectivity index (χ0n) is 14.6. The Morgan fingerprint density at radius 1 is 1.12 bits per heavy atom. The first-order valence-electron chi connectivity index (χ1n) is 8.33. The number of benzene rings is 1. The minimum Gasteiger partial charge on any atom is -0.489 e. The third-order valence-electron chi connectivity index (χ3n) is 3.81. The molecule has 0 saturated carbocycles. The van der Waals surface area contributed by atoms with E-state index < -0.39 is 0 Å². The lowest BCUT2D eigenvalue weighted by Gasteiger charge is -2.13. The molecule has 0 spiro atoms. The molecule has 0 aliphatic carbocycles. The molecular weight excluding hydrogens is 316 g/mol. The number of nitrogens with zero attached hydrogens (tertiary/aromatic N) is 3. The molecule has 0 aliphatic heterocycles. The first kappa shape index (κ1) is 17.0. The van der Waals surface area contributed by atoms with Crippen LogP contribution in [-0.4, -0.2) is 15.1 Å². The van der Waals surface area contributed by atoms with Crippen LogP contribution >= 0.6 is 0 Å². The van der Waals surface area contributed by atoms with E-state index in [-0.39, 0.29) is 12.0 Å². The Balaban J connectivity index is 1.57. The van der Waals surface area contributed by atoms with Crippen molar-refractivity contribution >= 4 is 6.01 Å². The number of nitrogens with one attached hydrogen (secondary N) is 1. The molecule has 0 aliphatic rings. The van der Waals surface area contributed by atoms with Gasteiger partial charge in [-0.05, 0) is 30.7 Å². The zero-order chi connectivity index (χ0) is 17.6. The summed E-state index contributed by atoms with van der Waals surface area (Å²) < 4.78 is 11.0. The SMILES string of the molecule is CC(C)c1noc(NC(C)c2ccc(OCc3cccnc3)cc2)n1. The van der Waals surface area contributed by atoms with Crippen LogP contribution in [0.4, 0.5) is 6.01 Å². The highest BCUT2D eigenvalue weighted by molar-refractivity contribution is 5.33. The molecular formula is C19H22N4O2. The Kier molecular flexibility index (Phi) is 5.28. The molecule has 0 radical (unpaired) electrons. The van der Waals surface area contributed by atoms with E-state index in [0.717, 1.165) is 16.9 Å². The molecule has 2 heterocycles. The van der Waals surface area contributed by atoms with Crippen LogP contribution in [-0.2, 0) is 6.61 Å². The smallest absolute Gasteiger partial charge is 0.321 e. The van der Waals surface area contributed by atoms with Crippen molar-refractivity contribution in [3.63, 3.8) is 0 Å². The van der Waals surface area contributed by atoms with Crippen LogP contribution in [0.5, 0.6) is 5.75 Å². The highest BCUT2D eigenvalue weighted by atomic mass is 16.5. The van der Waals surface area contributed by atoms with Crippen molar-refractivity contribution in [3.05, 3.63) is 65.7 Å². The summed E-state index contributed by atoms with van der Waals surface area (Å²) in [6.45, 7) is 6.61.